The first-order chi connectivity index (χ1) is 16.9. The smallest absolute Gasteiger partial charge is 0.254 e. The van der Waals surface area contributed by atoms with Gasteiger partial charge in [0.2, 0.25) is 5.91 Å². The van der Waals surface area contributed by atoms with Crippen LogP contribution in [-0.4, -0.2) is 23.3 Å². The maximum Gasteiger partial charge on any atom is 0.254 e. The Balaban J connectivity index is 1.46. The van der Waals surface area contributed by atoms with E-state index in [1.54, 1.807) is 4.90 Å². The number of carbonyl (C=O) groups is 2. The van der Waals surface area contributed by atoms with Gasteiger partial charge in [0, 0.05) is 35.6 Å². The summed E-state index contributed by atoms with van der Waals surface area (Å²) >= 11 is 0. The van der Waals surface area contributed by atoms with E-state index in [-0.39, 0.29) is 18.0 Å². The van der Waals surface area contributed by atoms with E-state index in [0.717, 1.165) is 44.4 Å². The van der Waals surface area contributed by atoms with Gasteiger partial charge in [0.05, 0.1) is 6.54 Å². The van der Waals surface area contributed by atoms with Crippen molar-refractivity contribution >= 4 is 34.0 Å². The molecule has 0 saturated carbocycles. The highest BCUT2D eigenvalue weighted by molar-refractivity contribution is 6.05. The van der Waals surface area contributed by atoms with Crippen LogP contribution >= 0.6 is 0 Å². The van der Waals surface area contributed by atoms with Crippen molar-refractivity contribution in [3.8, 4) is 11.1 Å². The van der Waals surface area contributed by atoms with E-state index in [2.05, 4.69) is 36.2 Å². The van der Waals surface area contributed by atoms with Gasteiger partial charge in [-0.15, -0.1) is 0 Å². The summed E-state index contributed by atoms with van der Waals surface area (Å²) in [6.07, 6.45) is 0. The number of rotatable bonds is 7. The van der Waals surface area contributed by atoms with Crippen LogP contribution in [0.3, 0.4) is 0 Å². The summed E-state index contributed by atoms with van der Waals surface area (Å²) < 4.78 is 0. The monoisotopic (exact) mass is 462 g/mol. The van der Waals surface area contributed by atoms with E-state index in [1.165, 1.54) is 0 Å². The lowest BCUT2D eigenvalue weighted by Crippen LogP contribution is -2.30. The lowest BCUT2D eigenvalue weighted by atomic mass is 9.95. The van der Waals surface area contributed by atoms with E-state index in [4.69, 9.17) is 11.5 Å². The minimum atomic E-state index is -0.596. The van der Waals surface area contributed by atoms with E-state index in [0.29, 0.717) is 18.7 Å². The van der Waals surface area contributed by atoms with Crippen molar-refractivity contribution in [3.05, 3.63) is 108 Å². The second-order valence-corrected chi connectivity index (χ2v) is 8.79. The number of nitrogen functional groups attached to an aromatic ring is 1. The normalized spacial score (nSPS) is 12.6. The molecule has 0 saturated heterocycles. The average molecular weight is 463 g/mol. The second kappa shape index (κ2) is 8.99. The van der Waals surface area contributed by atoms with Crippen LogP contribution in [0.5, 0.6) is 0 Å². The number of benzene rings is 4. The minimum absolute atomic E-state index is 0.114. The molecule has 1 heterocycles. The number of nitrogens with two attached hydrogens (primary N) is 2. The Labute approximate surface area is 203 Å². The molecule has 6 nitrogen and oxygen atoms in total. The van der Waals surface area contributed by atoms with Gasteiger partial charge in [-0.1, -0.05) is 49.0 Å². The molecular weight excluding hydrogens is 436 g/mol. The van der Waals surface area contributed by atoms with E-state index < -0.39 is 5.91 Å². The highest BCUT2D eigenvalue weighted by Gasteiger charge is 2.29. The number of fused-ring (bicyclic) bond motifs is 3. The molecule has 0 bridgehead atoms. The van der Waals surface area contributed by atoms with Crippen LogP contribution in [0, 0.1) is 0 Å². The number of hydrogen-bond donors (Lipinski definition) is 3. The molecule has 0 aliphatic carbocycles. The summed E-state index contributed by atoms with van der Waals surface area (Å²) in [4.78, 5) is 26.0. The number of nitrogens with one attached hydrogen (secondary N) is 1. The maximum atomic E-state index is 12.9. The fraction of sp³-hybridized carbons (Fsp3) is 0.103. The molecular formula is C29H26N4O2. The van der Waals surface area contributed by atoms with Crippen molar-refractivity contribution in [2.75, 3.05) is 17.6 Å². The third-order valence-corrected chi connectivity index (χ3v) is 6.46. The van der Waals surface area contributed by atoms with Crippen LogP contribution in [0.1, 0.15) is 21.5 Å². The number of hydrogen-bond acceptors (Lipinski definition) is 4. The number of anilines is 2. The summed E-state index contributed by atoms with van der Waals surface area (Å²) in [7, 11) is 0. The first kappa shape index (κ1) is 22.2. The summed E-state index contributed by atoms with van der Waals surface area (Å²) in [5.41, 5.74) is 18.3. The molecule has 6 heteroatoms. The maximum absolute atomic E-state index is 12.9. The zero-order valence-electron chi connectivity index (χ0n) is 19.3. The predicted octanol–water partition coefficient (Wildman–Crippen LogP) is 4.70. The van der Waals surface area contributed by atoms with Gasteiger partial charge >= 0.3 is 0 Å². The van der Waals surface area contributed by atoms with Crippen molar-refractivity contribution in [1.29, 1.82) is 0 Å². The van der Waals surface area contributed by atoms with Gasteiger partial charge < -0.3 is 21.7 Å². The fourth-order valence-electron chi connectivity index (χ4n) is 4.49. The molecule has 174 valence electrons. The first-order valence-electron chi connectivity index (χ1n) is 11.4. The molecule has 4 aromatic carbocycles. The van der Waals surface area contributed by atoms with Gasteiger partial charge in [-0.05, 0) is 69.4 Å². The zero-order chi connectivity index (χ0) is 24.5. The lowest BCUT2D eigenvalue weighted by Gasteiger charge is -2.15. The minimum Gasteiger partial charge on any atom is -0.398 e. The summed E-state index contributed by atoms with van der Waals surface area (Å²) in [5.74, 6) is -0.710. The van der Waals surface area contributed by atoms with Gasteiger partial charge in [0.1, 0.15) is 0 Å². The Morgan fingerprint density at radius 3 is 2.46 bits per heavy atom. The molecule has 0 spiro atoms. The van der Waals surface area contributed by atoms with Gasteiger partial charge in [-0.25, -0.2) is 0 Å². The van der Waals surface area contributed by atoms with Crippen molar-refractivity contribution in [2.45, 2.75) is 13.1 Å². The molecule has 1 aliphatic rings. The van der Waals surface area contributed by atoms with Crippen molar-refractivity contribution < 1.29 is 9.59 Å². The molecule has 0 radical (unpaired) electrons. The number of para-hydroxylation sites is 1. The van der Waals surface area contributed by atoms with Crippen LogP contribution in [0.4, 0.5) is 11.4 Å². The Bertz CT molecular complexity index is 1480. The predicted molar refractivity (Wildman–Crippen MR) is 141 cm³/mol. The SMILES string of the molecule is C=C(CN1Cc2c(ccc3ccc(-c4ccc(N)c(CNc5ccccc5)c4)cc23)C1=O)C(N)=O. The second-order valence-electron chi connectivity index (χ2n) is 8.79. The van der Waals surface area contributed by atoms with E-state index >= 15 is 0 Å². The molecule has 0 atom stereocenters. The Morgan fingerprint density at radius 1 is 0.971 bits per heavy atom. The molecule has 4 aromatic rings. The molecule has 2 amide bonds. The fourth-order valence-corrected chi connectivity index (χ4v) is 4.49. The van der Waals surface area contributed by atoms with Crippen LogP contribution in [0.15, 0.2) is 91.0 Å². The molecule has 0 unspecified atom stereocenters. The third kappa shape index (κ3) is 4.34. The summed E-state index contributed by atoms with van der Waals surface area (Å²) in [5, 5.41) is 5.48. The first-order valence-corrected chi connectivity index (χ1v) is 11.4. The third-order valence-electron chi connectivity index (χ3n) is 6.46. The average Bonchev–Trinajstić information content (AvgIpc) is 3.19. The van der Waals surface area contributed by atoms with E-state index in [9.17, 15) is 9.59 Å². The van der Waals surface area contributed by atoms with Crippen LogP contribution in [0.2, 0.25) is 0 Å². The molecule has 1 aliphatic heterocycles. The van der Waals surface area contributed by atoms with Gasteiger partial charge in [0.15, 0.2) is 0 Å². The number of primary amides is 1. The molecule has 5 rings (SSSR count). The van der Waals surface area contributed by atoms with Crippen LogP contribution < -0.4 is 16.8 Å². The van der Waals surface area contributed by atoms with Gasteiger partial charge in [-0.3, -0.25) is 9.59 Å². The zero-order valence-corrected chi connectivity index (χ0v) is 19.3. The largest absolute Gasteiger partial charge is 0.398 e. The highest BCUT2D eigenvalue weighted by atomic mass is 16.2. The quantitative estimate of drug-likeness (QED) is 0.274. The Hall–Kier alpha value is -4.58. The van der Waals surface area contributed by atoms with Gasteiger partial charge in [-0.2, -0.15) is 0 Å². The van der Waals surface area contributed by atoms with Crippen LogP contribution in [0.25, 0.3) is 21.9 Å². The Morgan fingerprint density at radius 2 is 1.69 bits per heavy atom. The number of nitrogens with zero attached hydrogens (tertiary/aromatic N) is 1. The molecule has 0 aromatic heterocycles. The standard InChI is InChI=1S/C29H26N4O2/c1-18(28(31)34)16-33-17-26-24(29(33)35)11-9-19-7-8-21(14-25(19)26)20-10-12-27(30)22(13-20)15-32-23-5-3-2-4-6-23/h2-14,32H,1,15-17,30H2,(H2,31,34). The van der Waals surface area contributed by atoms with Crippen molar-refractivity contribution in [2.24, 2.45) is 5.73 Å². The molecule has 0 fully saturated rings. The van der Waals surface area contributed by atoms with E-state index in [1.807, 2.05) is 54.6 Å². The van der Waals surface area contributed by atoms with Crippen LogP contribution in [-0.2, 0) is 17.9 Å². The van der Waals surface area contributed by atoms with Gasteiger partial charge in [0.25, 0.3) is 5.91 Å². The van der Waals surface area contributed by atoms with Crippen molar-refractivity contribution in [3.63, 3.8) is 0 Å². The summed E-state index contributed by atoms with van der Waals surface area (Å²) in [6.45, 7) is 4.84. The Kier molecular flexibility index (Phi) is 5.71. The topological polar surface area (TPSA) is 101 Å². The molecule has 5 N–H and O–H groups in total. The number of carbonyl (C=O) groups excluding carboxylic acids is 2. The number of amides is 2. The molecule has 35 heavy (non-hydrogen) atoms. The lowest BCUT2D eigenvalue weighted by molar-refractivity contribution is -0.114. The highest BCUT2D eigenvalue weighted by Crippen LogP contribution is 2.34. The summed E-state index contributed by atoms with van der Waals surface area (Å²) in [6, 6.07) is 26.1. The van der Waals surface area contributed by atoms with Crippen molar-refractivity contribution in [1.82, 2.24) is 4.90 Å².